The van der Waals surface area contributed by atoms with Crippen LogP contribution in [0.15, 0.2) is 48.5 Å². The molecule has 21 heavy (non-hydrogen) atoms. The number of hydrogen-bond donors (Lipinski definition) is 1. The molecule has 0 aromatic heterocycles. The number of fused-ring (bicyclic) bond motifs is 4. The van der Waals surface area contributed by atoms with Gasteiger partial charge in [-0.05, 0) is 38.1 Å². The van der Waals surface area contributed by atoms with Crippen molar-refractivity contribution in [3.05, 3.63) is 59.7 Å². The third kappa shape index (κ3) is 2.24. The number of benzene rings is 2. The van der Waals surface area contributed by atoms with Crippen molar-refractivity contribution in [1.29, 1.82) is 0 Å². The summed E-state index contributed by atoms with van der Waals surface area (Å²) in [6.07, 6.45) is 2.29. The zero-order valence-corrected chi connectivity index (χ0v) is 12.5. The summed E-state index contributed by atoms with van der Waals surface area (Å²) in [6, 6.07) is 17.0. The van der Waals surface area contributed by atoms with E-state index in [2.05, 4.69) is 66.4 Å². The average Bonchev–Trinajstić information content (AvgIpc) is 2.58. The second kappa shape index (κ2) is 5.92. The lowest BCUT2D eigenvalue weighted by Crippen LogP contribution is -2.42. The van der Waals surface area contributed by atoms with Gasteiger partial charge in [0.25, 0.3) is 0 Å². The molecule has 4 heteroatoms. The molecule has 2 aliphatic rings. The first-order valence-electron chi connectivity index (χ1n) is 7.14. The molecule has 108 valence electrons. The van der Waals surface area contributed by atoms with E-state index in [4.69, 9.17) is 8.95 Å². The summed E-state index contributed by atoms with van der Waals surface area (Å²) in [4.78, 5) is 0. The summed E-state index contributed by atoms with van der Waals surface area (Å²) in [5.41, 5.74) is 2.85. The van der Waals surface area contributed by atoms with Crippen molar-refractivity contribution in [2.75, 3.05) is 13.1 Å². The maximum atomic E-state index is 7.83. The molecule has 2 heterocycles. The number of rotatable bonds is 0. The second-order valence-corrected chi connectivity index (χ2v) is 5.43. The van der Waals surface area contributed by atoms with Crippen LogP contribution < -0.4 is 10.1 Å². The molecular formula is C17H17NO2S. The summed E-state index contributed by atoms with van der Waals surface area (Å²) in [5.74, 6) is 2.06. The Morgan fingerprint density at radius 3 is 1.86 bits per heavy atom. The lowest BCUT2D eigenvalue weighted by molar-refractivity contribution is 0.318. The Balaban J connectivity index is 0.000000636. The van der Waals surface area contributed by atoms with Gasteiger partial charge in [-0.25, -0.2) is 0 Å². The highest BCUT2D eigenvalue weighted by Crippen LogP contribution is 2.51. The summed E-state index contributed by atoms with van der Waals surface area (Å²) < 4.78 is 13.9. The quantitative estimate of drug-likeness (QED) is 0.811. The van der Waals surface area contributed by atoms with Gasteiger partial charge in [0.15, 0.2) is 12.5 Å². The van der Waals surface area contributed by atoms with Gasteiger partial charge >= 0.3 is 0 Å². The average molecular weight is 299 g/mol. The Morgan fingerprint density at radius 1 is 0.857 bits per heavy atom. The fraction of sp³-hybridized carbons (Fsp3) is 0.294. The number of ether oxygens (including phenoxy) is 1. The van der Waals surface area contributed by atoms with Gasteiger partial charge < -0.3 is 10.1 Å². The monoisotopic (exact) mass is 299 g/mol. The molecule has 0 saturated carbocycles. The Labute approximate surface area is 129 Å². The summed E-state index contributed by atoms with van der Waals surface area (Å²) in [5, 5.41) is 3.48. The predicted molar refractivity (Wildman–Crippen MR) is 84.0 cm³/mol. The first-order valence-corrected chi connectivity index (χ1v) is 7.48. The molecular weight excluding hydrogens is 282 g/mol. The second-order valence-electron chi connectivity index (χ2n) is 5.43. The van der Waals surface area contributed by atoms with Crippen molar-refractivity contribution >= 4 is 12.5 Å². The standard InChI is InChI=1S/C17H17NO.OS/c1-3-7-15-13(5-1)17(9-11-18-12-10-17)14-6-2-4-8-16(14)19-15;1-2/h1-8,18H,9-12H2;. The van der Waals surface area contributed by atoms with Crippen LogP contribution in [0.3, 0.4) is 0 Å². The normalized spacial score (nSPS) is 17.7. The van der Waals surface area contributed by atoms with Crippen LogP contribution >= 0.6 is 0 Å². The Hall–Kier alpha value is -1.78. The molecule has 1 fully saturated rings. The van der Waals surface area contributed by atoms with E-state index in [-0.39, 0.29) is 5.41 Å². The fourth-order valence-corrected chi connectivity index (χ4v) is 3.56. The zero-order chi connectivity index (χ0) is 14.7. The van der Waals surface area contributed by atoms with Crippen LogP contribution in [0.5, 0.6) is 11.5 Å². The Kier molecular flexibility index (Phi) is 3.99. The van der Waals surface area contributed by atoms with E-state index >= 15 is 0 Å². The highest BCUT2D eigenvalue weighted by atomic mass is 32.1. The lowest BCUT2D eigenvalue weighted by atomic mass is 9.67. The van der Waals surface area contributed by atoms with Crippen LogP contribution in [0, 0.1) is 0 Å². The third-order valence-electron chi connectivity index (χ3n) is 4.48. The fourth-order valence-electron chi connectivity index (χ4n) is 3.56. The summed E-state index contributed by atoms with van der Waals surface area (Å²) >= 11 is 2.83. The minimum atomic E-state index is 0.136. The molecule has 1 spiro atoms. The van der Waals surface area contributed by atoms with E-state index in [0.29, 0.717) is 0 Å². The largest absolute Gasteiger partial charge is 0.457 e. The molecule has 2 aromatic rings. The highest BCUT2D eigenvalue weighted by Gasteiger charge is 2.42. The van der Waals surface area contributed by atoms with E-state index in [1.807, 2.05) is 0 Å². The number of para-hydroxylation sites is 2. The van der Waals surface area contributed by atoms with Crippen LogP contribution in [0.1, 0.15) is 24.0 Å². The van der Waals surface area contributed by atoms with E-state index in [1.54, 1.807) is 0 Å². The van der Waals surface area contributed by atoms with Gasteiger partial charge in [0, 0.05) is 16.5 Å². The van der Waals surface area contributed by atoms with Crippen LogP contribution in [0.25, 0.3) is 0 Å². The molecule has 0 amide bonds. The lowest BCUT2D eigenvalue weighted by Gasteiger charge is -2.43. The SMILES string of the molecule is O=S.c1ccc2c(c1)Oc1ccccc1C21CCNCC1. The van der Waals surface area contributed by atoms with E-state index in [9.17, 15) is 0 Å². The molecule has 0 bridgehead atoms. The topological polar surface area (TPSA) is 38.3 Å². The number of hydrogen-bond acceptors (Lipinski definition) is 4. The predicted octanol–water partition coefficient (Wildman–Crippen LogP) is 3.13. The van der Waals surface area contributed by atoms with Crippen LogP contribution in [-0.2, 0) is 17.9 Å². The van der Waals surface area contributed by atoms with Gasteiger partial charge in [-0.2, -0.15) is 4.21 Å². The smallest absolute Gasteiger partial charge is 0.197 e. The molecule has 0 aliphatic carbocycles. The third-order valence-corrected chi connectivity index (χ3v) is 4.48. The van der Waals surface area contributed by atoms with Crippen molar-refractivity contribution in [3.63, 3.8) is 0 Å². The molecule has 2 aliphatic heterocycles. The highest BCUT2D eigenvalue weighted by molar-refractivity contribution is 7.44. The van der Waals surface area contributed by atoms with Crippen molar-refractivity contribution < 1.29 is 8.95 Å². The minimum Gasteiger partial charge on any atom is -0.457 e. The van der Waals surface area contributed by atoms with Crippen molar-refractivity contribution in [1.82, 2.24) is 5.32 Å². The van der Waals surface area contributed by atoms with Crippen molar-refractivity contribution in [2.24, 2.45) is 0 Å². The van der Waals surface area contributed by atoms with Crippen LogP contribution in [-0.4, -0.2) is 17.3 Å². The maximum Gasteiger partial charge on any atom is 0.197 e. The van der Waals surface area contributed by atoms with Crippen LogP contribution in [0.4, 0.5) is 0 Å². The van der Waals surface area contributed by atoms with Crippen molar-refractivity contribution in [3.8, 4) is 11.5 Å². The molecule has 1 N–H and O–H groups in total. The maximum absolute atomic E-state index is 7.83. The Morgan fingerprint density at radius 2 is 1.33 bits per heavy atom. The summed E-state index contributed by atoms with van der Waals surface area (Å²) in [7, 11) is 0. The summed E-state index contributed by atoms with van der Waals surface area (Å²) in [6.45, 7) is 2.14. The van der Waals surface area contributed by atoms with E-state index in [0.717, 1.165) is 37.4 Å². The minimum absolute atomic E-state index is 0.136. The van der Waals surface area contributed by atoms with Gasteiger partial charge in [0.1, 0.15) is 11.5 Å². The number of nitrogens with one attached hydrogen (secondary N) is 1. The van der Waals surface area contributed by atoms with Crippen molar-refractivity contribution in [2.45, 2.75) is 18.3 Å². The molecule has 1 saturated heterocycles. The van der Waals surface area contributed by atoms with Gasteiger partial charge in [-0.1, -0.05) is 36.4 Å². The van der Waals surface area contributed by atoms with Gasteiger partial charge in [-0.3, -0.25) is 0 Å². The van der Waals surface area contributed by atoms with Gasteiger partial charge in [0.05, 0.1) is 0 Å². The Bertz CT molecular complexity index is 591. The van der Waals surface area contributed by atoms with Gasteiger partial charge in [-0.15, -0.1) is 0 Å². The zero-order valence-electron chi connectivity index (χ0n) is 11.7. The molecule has 2 aromatic carbocycles. The number of piperidine rings is 1. The first-order chi connectivity index (χ1) is 10.4. The molecule has 0 atom stereocenters. The molecule has 3 nitrogen and oxygen atoms in total. The van der Waals surface area contributed by atoms with E-state index < -0.39 is 0 Å². The van der Waals surface area contributed by atoms with Crippen LogP contribution in [0.2, 0.25) is 0 Å². The molecule has 0 unspecified atom stereocenters. The molecule has 4 rings (SSSR count). The molecule has 0 radical (unpaired) electrons. The van der Waals surface area contributed by atoms with E-state index in [1.165, 1.54) is 11.1 Å². The van der Waals surface area contributed by atoms with Gasteiger partial charge in [0.2, 0.25) is 0 Å². The first kappa shape index (κ1) is 14.2.